The van der Waals surface area contributed by atoms with Gasteiger partial charge in [-0.1, -0.05) is 5.59 Å². The van der Waals surface area contributed by atoms with Crippen molar-refractivity contribution in [3.63, 3.8) is 0 Å². The third-order valence-electron chi connectivity index (χ3n) is 3.46. The number of halogens is 4. The van der Waals surface area contributed by atoms with Crippen LogP contribution in [0.4, 0.5) is 13.2 Å². The maximum absolute atomic E-state index is 12.5. The second kappa shape index (κ2) is 6.17. The van der Waals surface area contributed by atoms with E-state index in [9.17, 15) is 13.2 Å². The lowest BCUT2D eigenvalue weighted by Gasteiger charge is -2.29. The molecule has 0 bridgehead atoms. The zero-order chi connectivity index (χ0) is 14.2. The van der Waals surface area contributed by atoms with Gasteiger partial charge >= 0.3 is 6.18 Å². The van der Waals surface area contributed by atoms with Gasteiger partial charge in [-0.25, -0.2) is 0 Å². The molecule has 0 aromatic carbocycles. The number of hydrogen-bond acceptors (Lipinski definition) is 4. The van der Waals surface area contributed by atoms with Gasteiger partial charge in [-0.15, -0.1) is 12.4 Å². The lowest BCUT2D eigenvalue weighted by molar-refractivity contribution is -0.137. The van der Waals surface area contributed by atoms with Crippen LogP contribution in [0.3, 0.4) is 0 Å². The highest BCUT2D eigenvalue weighted by Gasteiger charge is 2.33. The van der Waals surface area contributed by atoms with Gasteiger partial charge in [0.1, 0.15) is 0 Å². The number of H-pyrrole nitrogens is 1. The van der Waals surface area contributed by atoms with Crippen LogP contribution in [-0.4, -0.2) is 29.1 Å². The monoisotopic (exact) mass is 324 g/mol. The van der Waals surface area contributed by atoms with E-state index in [1.807, 2.05) is 0 Å². The lowest BCUT2D eigenvalue weighted by atomic mass is 10.1. The van der Waals surface area contributed by atoms with Crippen LogP contribution in [0, 0.1) is 0 Å². The molecule has 2 aliphatic rings. The van der Waals surface area contributed by atoms with Gasteiger partial charge in [-0.2, -0.15) is 13.2 Å². The Morgan fingerprint density at radius 2 is 2.14 bits per heavy atom. The zero-order valence-electron chi connectivity index (χ0n) is 11.0. The Kier molecular flexibility index (Phi) is 4.70. The summed E-state index contributed by atoms with van der Waals surface area (Å²) in [5.41, 5.74) is 2.31. The highest BCUT2D eigenvalue weighted by atomic mass is 35.5. The van der Waals surface area contributed by atoms with Crippen molar-refractivity contribution < 1.29 is 18.0 Å². The van der Waals surface area contributed by atoms with Crippen LogP contribution >= 0.6 is 12.4 Å². The van der Waals surface area contributed by atoms with Crippen molar-refractivity contribution in [3.05, 3.63) is 29.7 Å². The van der Waals surface area contributed by atoms with E-state index in [4.69, 9.17) is 4.84 Å². The van der Waals surface area contributed by atoms with Gasteiger partial charge in [-0.3, -0.25) is 5.01 Å². The Labute approximate surface area is 125 Å². The van der Waals surface area contributed by atoms with Gasteiger partial charge in [-0.05, 0) is 25.5 Å². The number of piperidine rings is 1. The van der Waals surface area contributed by atoms with Crippen molar-refractivity contribution in [2.75, 3.05) is 13.1 Å². The molecule has 9 heteroatoms. The van der Waals surface area contributed by atoms with Gasteiger partial charge in [0, 0.05) is 12.7 Å². The van der Waals surface area contributed by atoms with Gasteiger partial charge < -0.3 is 15.1 Å². The molecule has 0 radical (unpaired) electrons. The molecule has 1 saturated heterocycles. The van der Waals surface area contributed by atoms with Crippen molar-refractivity contribution in [3.8, 4) is 0 Å². The van der Waals surface area contributed by atoms with Crippen molar-refractivity contribution in [1.82, 2.24) is 20.9 Å². The molecule has 0 saturated carbocycles. The first-order valence-corrected chi connectivity index (χ1v) is 6.43. The third-order valence-corrected chi connectivity index (χ3v) is 3.46. The molecular weight excluding hydrogens is 309 g/mol. The fourth-order valence-corrected chi connectivity index (χ4v) is 2.36. The molecule has 3 rings (SSSR count). The largest absolute Gasteiger partial charge is 0.417 e. The summed E-state index contributed by atoms with van der Waals surface area (Å²) < 4.78 is 37.6. The van der Waals surface area contributed by atoms with Gasteiger partial charge in [0.15, 0.2) is 5.76 Å². The highest BCUT2D eigenvalue weighted by molar-refractivity contribution is 5.85. The fourth-order valence-electron chi connectivity index (χ4n) is 2.36. The smallest absolute Gasteiger partial charge is 0.385 e. The average molecular weight is 325 g/mol. The summed E-state index contributed by atoms with van der Waals surface area (Å²) in [6, 6.07) is 1.27. The summed E-state index contributed by atoms with van der Waals surface area (Å²) in [6.07, 6.45) is 0.334. The lowest BCUT2D eigenvalue weighted by Crippen LogP contribution is -2.47. The number of aromatic amines is 1. The molecule has 1 atom stereocenters. The number of rotatable bonds is 2. The summed E-state index contributed by atoms with van der Waals surface area (Å²) in [5.74, 6) is 0.353. The Bertz CT molecular complexity index is 511. The molecule has 118 valence electrons. The van der Waals surface area contributed by atoms with E-state index in [1.165, 1.54) is 0 Å². The molecule has 3 heterocycles. The number of alkyl halides is 3. The van der Waals surface area contributed by atoms with Crippen LogP contribution in [0.1, 0.15) is 24.1 Å². The van der Waals surface area contributed by atoms with Crippen molar-refractivity contribution in [1.29, 1.82) is 0 Å². The molecule has 1 aromatic heterocycles. The molecule has 2 aliphatic heterocycles. The van der Waals surface area contributed by atoms with Crippen molar-refractivity contribution in [2.45, 2.75) is 25.1 Å². The summed E-state index contributed by atoms with van der Waals surface area (Å²) in [7, 11) is 0. The maximum Gasteiger partial charge on any atom is 0.417 e. The Balaban J connectivity index is 0.00000161. The molecule has 0 amide bonds. The SMILES string of the molecule is Cl.FC(F)(F)c1c[nH]c(C2=CN(C3CCCNC3)NO2)c1. The van der Waals surface area contributed by atoms with Crippen LogP contribution in [0.5, 0.6) is 0 Å². The second-order valence-corrected chi connectivity index (χ2v) is 4.89. The first kappa shape index (κ1) is 16.0. The number of hydrazine groups is 1. The van der Waals surface area contributed by atoms with E-state index < -0.39 is 11.7 Å². The third kappa shape index (κ3) is 3.45. The average Bonchev–Trinajstić information content (AvgIpc) is 3.08. The Morgan fingerprint density at radius 3 is 2.76 bits per heavy atom. The number of aromatic nitrogens is 1. The highest BCUT2D eigenvalue weighted by Crippen LogP contribution is 2.32. The molecule has 1 unspecified atom stereocenters. The first-order valence-electron chi connectivity index (χ1n) is 6.43. The van der Waals surface area contributed by atoms with E-state index in [0.717, 1.165) is 38.2 Å². The standard InChI is InChI=1S/C12H15F3N4O.ClH/c13-12(14,15)8-4-10(17-5-8)11-7-19(18-20-11)9-2-1-3-16-6-9;/h4-5,7,9,16-18H,1-3,6H2;1H. The molecule has 21 heavy (non-hydrogen) atoms. The van der Waals surface area contributed by atoms with Gasteiger partial charge in [0.25, 0.3) is 0 Å². The normalized spacial score (nSPS) is 22.5. The summed E-state index contributed by atoms with van der Waals surface area (Å²) in [5, 5.41) is 5.05. The molecule has 0 spiro atoms. The Hall–Kier alpha value is -1.38. The maximum atomic E-state index is 12.5. The number of nitrogens with one attached hydrogen (secondary N) is 3. The van der Waals surface area contributed by atoms with Crippen LogP contribution in [-0.2, 0) is 11.0 Å². The van der Waals surface area contributed by atoms with Crippen LogP contribution in [0.25, 0.3) is 5.76 Å². The second-order valence-electron chi connectivity index (χ2n) is 4.89. The summed E-state index contributed by atoms with van der Waals surface area (Å²) in [4.78, 5) is 7.82. The molecule has 0 aliphatic carbocycles. The van der Waals surface area contributed by atoms with Crippen LogP contribution in [0.2, 0.25) is 0 Å². The predicted molar refractivity (Wildman–Crippen MR) is 73.0 cm³/mol. The molecule has 1 aromatic rings. The minimum absolute atomic E-state index is 0. The van der Waals surface area contributed by atoms with E-state index in [-0.39, 0.29) is 18.4 Å². The first-order chi connectivity index (χ1) is 9.54. The van der Waals surface area contributed by atoms with Crippen LogP contribution < -0.4 is 10.9 Å². The predicted octanol–water partition coefficient (Wildman–Crippen LogP) is 2.26. The quantitative estimate of drug-likeness (QED) is 0.781. The van der Waals surface area contributed by atoms with E-state index in [1.54, 1.807) is 11.2 Å². The molecule has 3 N–H and O–H groups in total. The van der Waals surface area contributed by atoms with Crippen molar-refractivity contribution >= 4 is 18.2 Å². The Morgan fingerprint density at radius 1 is 1.33 bits per heavy atom. The van der Waals surface area contributed by atoms with Crippen molar-refractivity contribution in [2.24, 2.45) is 0 Å². The minimum Gasteiger partial charge on any atom is -0.385 e. The summed E-state index contributed by atoms with van der Waals surface area (Å²) in [6.45, 7) is 1.81. The minimum atomic E-state index is -4.35. The van der Waals surface area contributed by atoms with E-state index >= 15 is 0 Å². The molecule has 5 nitrogen and oxygen atoms in total. The molecular formula is C12H16ClF3N4O. The van der Waals surface area contributed by atoms with E-state index in [0.29, 0.717) is 11.5 Å². The fraction of sp³-hybridized carbons (Fsp3) is 0.500. The number of hydrogen-bond donors (Lipinski definition) is 3. The molecule has 1 fully saturated rings. The van der Waals surface area contributed by atoms with Gasteiger partial charge in [0.2, 0.25) is 0 Å². The van der Waals surface area contributed by atoms with Crippen LogP contribution in [0.15, 0.2) is 18.5 Å². The topological polar surface area (TPSA) is 52.3 Å². The summed E-state index contributed by atoms with van der Waals surface area (Å²) >= 11 is 0. The number of nitrogens with zero attached hydrogens (tertiary/aromatic N) is 1. The van der Waals surface area contributed by atoms with Gasteiger partial charge in [0.05, 0.1) is 23.5 Å². The van der Waals surface area contributed by atoms with E-state index in [2.05, 4.69) is 15.9 Å². The zero-order valence-corrected chi connectivity index (χ0v) is 11.9.